The van der Waals surface area contributed by atoms with E-state index >= 15 is 0 Å². The van der Waals surface area contributed by atoms with Crippen molar-refractivity contribution < 1.29 is 9.50 Å². The molecule has 0 radical (unpaired) electrons. The van der Waals surface area contributed by atoms with Crippen LogP contribution in [0.2, 0.25) is 0 Å². The van der Waals surface area contributed by atoms with Crippen LogP contribution in [0.1, 0.15) is 25.0 Å². The minimum atomic E-state index is -0.321. The lowest BCUT2D eigenvalue weighted by molar-refractivity contribution is 0.156. The highest BCUT2D eigenvalue weighted by molar-refractivity contribution is 5.33. The van der Waals surface area contributed by atoms with Crippen LogP contribution in [0.25, 0.3) is 0 Å². The molecule has 0 saturated carbocycles. The second-order valence-corrected chi connectivity index (χ2v) is 4.84. The van der Waals surface area contributed by atoms with E-state index in [0.29, 0.717) is 24.2 Å². The van der Waals surface area contributed by atoms with E-state index in [0.717, 1.165) is 0 Å². The summed E-state index contributed by atoms with van der Waals surface area (Å²) in [6.45, 7) is 4.84. The molecule has 92 valence electrons. The largest absolute Gasteiger partial charge is 0.396 e. The summed E-state index contributed by atoms with van der Waals surface area (Å²) in [6, 6.07) is 6.27. The van der Waals surface area contributed by atoms with Gasteiger partial charge in [0.25, 0.3) is 0 Å². The molecule has 0 aromatic heterocycles. The predicted octanol–water partition coefficient (Wildman–Crippen LogP) is 1.81. The summed E-state index contributed by atoms with van der Waals surface area (Å²) in [7, 11) is 0. The molecule has 3 nitrogen and oxygen atoms in total. The van der Waals surface area contributed by atoms with Crippen LogP contribution in [0, 0.1) is 22.6 Å². The standard InChI is InChI=1S/C13H17FN2O/c1-13(2,9-17)8-16-7-11-5-10(6-15)3-4-12(11)14/h3-5,16-17H,7-9H2,1-2H3. The third kappa shape index (κ3) is 4.14. The first-order valence-electron chi connectivity index (χ1n) is 5.48. The van der Waals surface area contributed by atoms with Crippen LogP contribution in [-0.2, 0) is 6.54 Å². The van der Waals surface area contributed by atoms with Gasteiger partial charge in [-0.25, -0.2) is 4.39 Å². The Morgan fingerprint density at radius 1 is 1.47 bits per heavy atom. The molecule has 0 spiro atoms. The molecule has 0 amide bonds. The summed E-state index contributed by atoms with van der Waals surface area (Å²) in [6.07, 6.45) is 0. The molecule has 0 atom stereocenters. The lowest BCUT2D eigenvalue weighted by Crippen LogP contribution is -2.32. The van der Waals surface area contributed by atoms with Gasteiger partial charge in [-0.05, 0) is 18.2 Å². The van der Waals surface area contributed by atoms with Gasteiger partial charge in [-0.3, -0.25) is 0 Å². The van der Waals surface area contributed by atoms with E-state index in [1.54, 1.807) is 0 Å². The predicted molar refractivity (Wildman–Crippen MR) is 63.7 cm³/mol. The topological polar surface area (TPSA) is 56.0 Å². The molecule has 0 unspecified atom stereocenters. The first-order valence-corrected chi connectivity index (χ1v) is 5.48. The maximum atomic E-state index is 13.4. The maximum absolute atomic E-state index is 13.4. The number of hydrogen-bond acceptors (Lipinski definition) is 3. The second kappa shape index (κ2) is 5.76. The zero-order valence-corrected chi connectivity index (χ0v) is 10.1. The van der Waals surface area contributed by atoms with Crippen LogP contribution in [0.4, 0.5) is 4.39 Å². The third-order valence-corrected chi connectivity index (χ3v) is 2.52. The number of aliphatic hydroxyl groups excluding tert-OH is 1. The first-order chi connectivity index (χ1) is 7.98. The smallest absolute Gasteiger partial charge is 0.127 e. The number of aliphatic hydroxyl groups is 1. The molecule has 0 fully saturated rings. The molecule has 17 heavy (non-hydrogen) atoms. The van der Waals surface area contributed by atoms with Crippen molar-refractivity contribution in [2.75, 3.05) is 13.2 Å². The summed E-state index contributed by atoms with van der Waals surface area (Å²) in [5.74, 6) is -0.321. The van der Waals surface area contributed by atoms with Gasteiger partial charge in [0.1, 0.15) is 5.82 Å². The van der Waals surface area contributed by atoms with Crippen molar-refractivity contribution in [2.24, 2.45) is 5.41 Å². The van der Waals surface area contributed by atoms with Gasteiger partial charge in [0.15, 0.2) is 0 Å². The van der Waals surface area contributed by atoms with Crippen molar-refractivity contribution in [3.63, 3.8) is 0 Å². The molecule has 0 bridgehead atoms. The fourth-order valence-corrected chi connectivity index (χ4v) is 1.37. The zero-order chi connectivity index (χ0) is 12.9. The van der Waals surface area contributed by atoms with Crippen LogP contribution in [-0.4, -0.2) is 18.3 Å². The van der Waals surface area contributed by atoms with Gasteiger partial charge in [-0.15, -0.1) is 0 Å². The van der Waals surface area contributed by atoms with E-state index < -0.39 is 0 Å². The van der Waals surface area contributed by atoms with E-state index in [9.17, 15) is 4.39 Å². The summed E-state index contributed by atoms with van der Waals surface area (Å²) in [5, 5.41) is 20.9. The van der Waals surface area contributed by atoms with Gasteiger partial charge < -0.3 is 10.4 Å². The number of nitrogens with one attached hydrogen (secondary N) is 1. The number of nitriles is 1. The SMILES string of the molecule is CC(C)(CO)CNCc1cc(C#N)ccc1F. The molecule has 0 aliphatic heterocycles. The molecule has 4 heteroatoms. The lowest BCUT2D eigenvalue weighted by Gasteiger charge is -2.22. The molecule has 1 aromatic rings. The van der Waals surface area contributed by atoms with Crippen molar-refractivity contribution in [1.29, 1.82) is 5.26 Å². The summed E-state index contributed by atoms with van der Waals surface area (Å²) >= 11 is 0. The Bertz CT molecular complexity index is 424. The van der Waals surface area contributed by atoms with E-state index in [1.165, 1.54) is 18.2 Å². The molecule has 0 aliphatic carbocycles. The molecule has 0 aliphatic rings. The van der Waals surface area contributed by atoms with Crippen LogP contribution in [0.3, 0.4) is 0 Å². The summed E-state index contributed by atoms with van der Waals surface area (Å²) < 4.78 is 13.4. The van der Waals surface area contributed by atoms with Gasteiger partial charge in [-0.1, -0.05) is 13.8 Å². The average Bonchev–Trinajstić information content (AvgIpc) is 2.31. The molecule has 1 rings (SSSR count). The average molecular weight is 236 g/mol. The monoisotopic (exact) mass is 236 g/mol. The number of rotatable bonds is 5. The number of hydrogen-bond donors (Lipinski definition) is 2. The Balaban J connectivity index is 2.61. The summed E-state index contributed by atoms with van der Waals surface area (Å²) in [4.78, 5) is 0. The highest BCUT2D eigenvalue weighted by Crippen LogP contribution is 2.13. The Labute approximate surface area is 101 Å². The molecule has 0 heterocycles. The van der Waals surface area contributed by atoms with Gasteiger partial charge >= 0.3 is 0 Å². The Morgan fingerprint density at radius 2 is 2.18 bits per heavy atom. The molecule has 2 N–H and O–H groups in total. The van der Waals surface area contributed by atoms with Crippen molar-refractivity contribution in [3.8, 4) is 6.07 Å². The quantitative estimate of drug-likeness (QED) is 0.819. The maximum Gasteiger partial charge on any atom is 0.127 e. The Morgan fingerprint density at radius 3 is 2.76 bits per heavy atom. The van der Waals surface area contributed by atoms with Crippen molar-refractivity contribution in [2.45, 2.75) is 20.4 Å². The van der Waals surface area contributed by atoms with E-state index in [-0.39, 0.29) is 17.8 Å². The van der Waals surface area contributed by atoms with Crippen LogP contribution in [0.5, 0.6) is 0 Å². The van der Waals surface area contributed by atoms with Crippen LogP contribution < -0.4 is 5.32 Å². The molecular weight excluding hydrogens is 219 g/mol. The lowest BCUT2D eigenvalue weighted by atomic mass is 9.95. The van der Waals surface area contributed by atoms with E-state index in [2.05, 4.69) is 5.32 Å². The highest BCUT2D eigenvalue weighted by Gasteiger charge is 2.15. The summed E-state index contributed by atoms with van der Waals surface area (Å²) in [5.41, 5.74) is 0.686. The number of benzene rings is 1. The van der Waals surface area contributed by atoms with Gasteiger partial charge in [-0.2, -0.15) is 5.26 Å². The van der Waals surface area contributed by atoms with Gasteiger partial charge in [0.2, 0.25) is 0 Å². The second-order valence-electron chi connectivity index (χ2n) is 4.84. The van der Waals surface area contributed by atoms with Crippen molar-refractivity contribution in [3.05, 3.63) is 35.1 Å². The molecule has 1 aromatic carbocycles. The first kappa shape index (κ1) is 13.6. The van der Waals surface area contributed by atoms with Crippen molar-refractivity contribution >= 4 is 0 Å². The fraction of sp³-hybridized carbons (Fsp3) is 0.462. The van der Waals surface area contributed by atoms with Crippen LogP contribution >= 0.6 is 0 Å². The zero-order valence-electron chi connectivity index (χ0n) is 10.1. The van der Waals surface area contributed by atoms with Crippen LogP contribution in [0.15, 0.2) is 18.2 Å². The third-order valence-electron chi connectivity index (χ3n) is 2.52. The van der Waals surface area contributed by atoms with E-state index in [1.807, 2.05) is 19.9 Å². The van der Waals surface area contributed by atoms with Gasteiger partial charge in [0.05, 0.1) is 11.6 Å². The van der Waals surface area contributed by atoms with E-state index in [4.69, 9.17) is 10.4 Å². The Hall–Kier alpha value is -1.44. The molecular formula is C13H17FN2O. The molecule has 0 saturated heterocycles. The minimum absolute atomic E-state index is 0.0702. The fourth-order valence-electron chi connectivity index (χ4n) is 1.37. The number of nitrogens with zero attached hydrogens (tertiary/aromatic N) is 1. The normalized spacial score (nSPS) is 11.2. The number of halogens is 1. The Kier molecular flexibility index (Phi) is 4.62. The highest BCUT2D eigenvalue weighted by atomic mass is 19.1. The van der Waals surface area contributed by atoms with Gasteiger partial charge in [0, 0.05) is 30.7 Å². The van der Waals surface area contributed by atoms with Crippen molar-refractivity contribution in [1.82, 2.24) is 5.32 Å². The minimum Gasteiger partial charge on any atom is -0.396 e.